The molecule has 0 amide bonds. The lowest BCUT2D eigenvalue weighted by Gasteiger charge is -2.18. The molecule has 2 aromatic carbocycles. The third-order valence-corrected chi connectivity index (χ3v) is 6.57. The Morgan fingerprint density at radius 1 is 1.23 bits per heavy atom. The van der Waals surface area contributed by atoms with E-state index in [4.69, 9.17) is 23.4 Å². The van der Waals surface area contributed by atoms with Crippen LogP contribution in [0.3, 0.4) is 0 Å². The number of hydrogen-bond acceptors (Lipinski definition) is 10. The molecule has 5 rings (SSSR count). The number of carbonyl (C=O) groups excluding carboxylic acids is 1. The highest BCUT2D eigenvalue weighted by Crippen LogP contribution is 2.29. The van der Waals surface area contributed by atoms with E-state index in [0.29, 0.717) is 54.1 Å². The number of fused-ring (bicyclic) bond motifs is 1. The van der Waals surface area contributed by atoms with E-state index < -0.39 is 12.1 Å². The number of benzene rings is 2. The van der Waals surface area contributed by atoms with Gasteiger partial charge in [-0.25, -0.2) is 4.98 Å². The summed E-state index contributed by atoms with van der Waals surface area (Å²) in [5.41, 5.74) is 2.80. The Morgan fingerprint density at radius 2 is 2.08 bits per heavy atom. The standard InChI is InChI=1S/C28H30N4O7/c1-17(37-20-11-12-32(16-20)28-29-15-19(38-28)8-10-26(34)35)23(33)13-18-7-9-22-25(14-18)39-27(31-22)30-21-5-3-4-6-24(21)36-2/h3-7,9,14-15,17,20H,8,10-13,16H2,1-2H3,(H,30,31)(H,34,35)/t17?,20-/m0/s1. The topological polar surface area (TPSA) is 140 Å². The fourth-order valence-corrected chi connectivity index (χ4v) is 4.51. The van der Waals surface area contributed by atoms with Gasteiger partial charge in [-0.3, -0.25) is 9.59 Å². The normalized spacial score (nSPS) is 15.9. The van der Waals surface area contributed by atoms with E-state index in [1.165, 1.54) is 0 Å². The quantitative estimate of drug-likeness (QED) is 0.267. The summed E-state index contributed by atoms with van der Waals surface area (Å²) in [5.74, 6) is 0.290. The van der Waals surface area contributed by atoms with Gasteiger partial charge in [0.1, 0.15) is 23.1 Å². The van der Waals surface area contributed by atoms with Gasteiger partial charge in [-0.2, -0.15) is 4.98 Å². The number of methoxy groups -OCH3 is 1. The SMILES string of the molecule is COc1ccccc1Nc1nc2ccc(CC(=O)C(C)O[C@H]3CCN(c4ncc(CCC(=O)O)o4)C3)cc2o1. The minimum absolute atomic E-state index is 0.00959. The van der Waals surface area contributed by atoms with Crippen LogP contribution in [-0.4, -0.2) is 59.2 Å². The van der Waals surface area contributed by atoms with Crippen molar-refractivity contribution in [1.29, 1.82) is 0 Å². The van der Waals surface area contributed by atoms with Gasteiger partial charge in [0.25, 0.3) is 12.0 Å². The Bertz CT molecular complexity index is 1460. The number of anilines is 3. The summed E-state index contributed by atoms with van der Waals surface area (Å²) >= 11 is 0. The average molecular weight is 535 g/mol. The number of nitrogens with zero attached hydrogens (tertiary/aromatic N) is 3. The van der Waals surface area contributed by atoms with Gasteiger partial charge in [0, 0.05) is 25.9 Å². The molecule has 2 N–H and O–H groups in total. The van der Waals surface area contributed by atoms with Crippen molar-refractivity contribution in [2.24, 2.45) is 0 Å². The first-order chi connectivity index (χ1) is 18.9. The maximum Gasteiger partial charge on any atom is 0.303 e. The molecule has 1 aliphatic heterocycles. The second-order valence-electron chi connectivity index (χ2n) is 9.43. The summed E-state index contributed by atoms with van der Waals surface area (Å²) in [6, 6.07) is 13.8. The number of oxazole rings is 2. The lowest BCUT2D eigenvalue weighted by molar-refractivity contribution is -0.137. The third-order valence-electron chi connectivity index (χ3n) is 6.57. The predicted octanol–water partition coefficient (Wildman–Crippen LogP) is 4.38. The summed E-state index contributed by atoms with van der Waals surface area (Å²) < 4.78 is 23.0. The number of ketones is 1. The Labute approximate surface area is 224 Å². The number of aromatic nitrogens is 2. The Hall–Kier alpha value is -4.38. The Morgan fingerprint density at radius 3 is 2.90 bits per heavy atom. The molecule has 0 aliphatic carbocycles. The van der Waals surface area contributed by atoms with Crippen molar-refractivity contribution < 1.29 is 33.0 Å². The number of carbonyl (C=O) groups is 2. The van der Waals surface area contributed by atoms with Gasteiger partial charge in [0.2, 0.25) is 0 Å². The molecule has 4 aromatic rings. The molecule has 11 heteroatoms. The number of carboxylic acids is 1. The molecule has 1 aliphatic rings. The van der Waals surface area contributed by atoms with Crippen LogP contribution in [0.2, 0.25) is 0 Å². The van der Waals surface area contributed by atoms with E-state index in [2.05, 4.69) is 15.3 Å². The number of hydrogen-bond donors (Lipinski definition) is 2. The maximum absolute atomic E-state index is 12.9. The molecule has 2 aromatic heterocycles. The van der Waals surface area contributed by atoms with Gasteiger partial charge < -0.3 is 33.6 Å². The number of rotatable bonds is 12. The predicted molar refractivity (Wildman–Crippen MR) is 143 cm³/mol. The summed E-state index contributed by atoms with van der Waals surface area (Å²) in [5, 5.41) is 12.0. The lowest BCUT2D eigenvalue weighted by Crippen LogP contribution is -2.30. The minimum atomic E-state index is -0.882. The van der Waals surface area contributed by atoms with Gasteiger partial charge in [-0.05, 0) is 43.2 Å². The van der Waals surface area contributed by atoms with Crippen LogP contribution in [0.15, 0.2) is 57.5 Å². The number of Topliss-reactive ketones (excluding diaryl/α,β-unsaturated/α-hetero) is 1. The van der Waals surface area contributed by atoms with E-state index in [-0.39, 0.29) is 24.7 Å². The van der Waals surface area contributed by atoms with Crippen LogP contribution in [0.25, 0.3) is 11.1 Å². The lowest BCUT2D eigenvalue weighted by atomic mass is 10.1. The van der Waals surface area contributed by atoms with E-state index >= 15 is 0 Å². The van der Waals surface area contributed by atoms with Crippen LogP contribution >= 0.6 is 0 Å². The van der Waals surface area contributed by atoms with Crippen molar-refractivity contribution >= 4 is 40.6 Å². The van der Waals surface area contributed by atoms with Crippen LogP contribution < -0.4 is 15.0 Å². The van der Waals surface area contributed by atoms with Crippen molar-refractivity contribution in [3.8, 4) is 5.75 Å². The smallest absolute Gasteiger partial charge is 0.303 e. The van der Waals surface area contributed by atoms with Crippen LogP contribution in [0.5, 0.6) is 5.75 Å². The zero-order chi connectivity index (χ0) is 27.4. The molecular formula is C28H30N4O7. The van der Waals surface area contributed by atoms with E-state index in [1.807, 2.05) is 47.4 Å². The second-order valence-corrected chi connectivity index (χ2v) is 9.43. The summed E-state index contributed by atoms with van der Waals surface area (Å²) in [6.07, 6.45) is 2.05. The molecule has 39 heavy (non-hydrogen) atoms. The van der Waals surface area contributed by atoms with Gasteiger partial charge >= 0.3 is 5.97 Å². The first-order valence-corrected chi connectivity index (χ1v) is 12.8. The van der Waals surface area contributed by atoms with Crippen LogP contribution in [-0.2, 0) is 27.2 Å². The summed E-state index contributed by atoms with van der Waals surface area (Å²) in [4.78, 5) is 34.4. The summed E-state index contributed by atoms with van der Waals surface area (Å²) in [6.45, 7) is 2.99. The third kappa shape index (κ3) is 6.37. The Kier molecular flexibility index (Phi) is 7.78. The van der Waals surface area contributed by atoms with Crippen molar-refractivity contribution in [1.82, 2.24) is 9.97 Å². The zero-order valence-corrected chi connectivity index (χ0v) is 21.8. The maximum atomic E-state index is 12.9. The van der Waals surface area contributed by atoms with Crippen molar-refractivity contribution in [2.45, 2.75) is 44.8 Å². The van der Waals surface area contributed by atoms with Crippen LogP contribution in [0, 0.1) is 0 Å². The zero-order valence-electron chi connectivity index (χ0n) is 21.8. The largest absolute Gasteiger partial charge is 0.495 e. The molecule has 2 atom stereocenters. The molecule has 1 fully saturated rings. The molecular weight excluding hydrogens is 504 g/mol. The first kappa shape index (κ1) is 26.2. The first-order valence-electron chi connectivity index (χ1n) is 12.8. The number of nitrogens with one attached hydrogen (secondary N) is 1. The number of carboxylic acid groups (broad SMARTS) is 1. The van der Waals surface area contributed by atoms with Gasteiger partial charge in [0.05, 0.1) is 31.5 Å². The minimum Gasteiger partial charge on any atom is -0.495 e. The molecule has 204 valence electrons. The molecule has 0 radical (unpaired) electrons. The fourth-order valence-electron chi connectivity index (χ4n) is 4.51. The van der Waals surface area contributed by atoms with Crippen molar-refractivity contribution in [2.75, 3.05) is 30.4 Å². The fraction of sp³-hybridized carbons (Fsp3) is 0.357. The van der Waals surface area contributed by atoms with Gasteiger partial charge in [-0.15, -0.1) is 0 Å². The van der Waals surface area contributed by atoms with Gasteiger partial charge in [-0.1, -0.05) is 18.2 Å². The molecule has 1 unspecified atom stereocenters. The van der Waals surface area contributed by atoms with E-state index in [1.54, 1.807) is 20.2 Å². The van der Waals surface area contributed by atoms with Crippen molar-refractivity contribution in [3.63, 3.8) is 0 Å². The molecule has 11 nitrogen and oxygen atoms in total. The molecule has 0 bridgehead atoms. The average Bonchev–Trinajstić information content (AvgIpc) is 3.67. The van der Waals surface area contributed by atoms with Crippen LogP contribution in [0.1, 0.15) is 31.1 Å². The molecule has 3 heterocycles. The number of aliphatic carboxylic acids is 1. The summed E-state index contributed by atoms with van der Waals surface area (Å²) in [7, 11) is 1.60. The van der Waals surface area contributed by atoms with Gasteiger partial charge in [0.15, 0.2) is 11.4 Å². The highest BCUT2D eigenvalue weighted by molar-refractivity contribution is 5.86. The second kappa shape index (κ2) is 11.6. The van der Waals surface area contributed by atoms with Crippen molar-refractivity contribution in [3.05, 3.63) is 60.0 Å². The van der Waals surface area contributed by atoms with E-state index in [0.717, 1.165) is 17.7 Å². The number of para-hydroxylation sites is 2. The highest BCUT2D eigenvalue weighted by Gasteiger charge is 2.29. The monoisotopic (exact) mass is 534 g/mol. The van der Waals surface area contributed by atoms with E-state index in [9.17, 15) is 9.59 Å². The van der Waals surface area contributed by atoms with Crippen LogP contribution in [0.4, 0.5) is 17.7 Å². The number of ether oxygens (including phenoxy) is 2. The highest BCUT2D eigenvalue weighted by atomic mass is 16.5. The molecule has 1 saturated heterocycles. The Balaban J connectivity index is 1.15. The molecule has 0 spiro atoms. The number of aryl methyl sites for hydroxylation is 1. The molecule has 0 saturated carbocycles.